The van der Waals surface area contributed by atoms with Gasteiger partial charge in [-0.3, -0.25) is 13.9 Å². The number of likely N-dealkylation sites (N-methyl/N-ethyl adjacent to an activating group) is 1. The molecule has 1 atom stereocenters. The van der Waals surface area contributed by atoms with Crippen LogP contribution in [0.2, 0.25) is 0 Å². The highest BCUT2D eigenvalue weighted by atomic mass is 79.9. The van der Waals surface area contributed by atoms with Crippen molar-refractivity contribution in [2.75, 3.05) is 25.0 Å². The molecule has 0 saturated carbocycles. The van der Waals surface area contributed by atoms with Crippen LogP contribution in [0.15, 0.2) is 106 Å². The minimum absolute atomic E-state index is 0.0178. The summed E-state index contributed by atoms with van der Waals surface area (Å²) in [7, 11) is -1.21. The highest BCUT2D eigenvalue weighted by Crippen LogP contribution is 2.31. The number of halogens is 1. The molecule has 8 nitrogen and oxygen atoms in total. The first-order chi connectivity index (χ1) is 21.0. The highest BCUT2D eigenvalue weighted by molar-refractivity contribution is 9.10. The molecule has 4 aromatic rings. The Morgan fingerprint density at radius 1 is 0.864 bits per heavy atom. The van der Waals surface area contributed by atoms with Crippen molar-refractivity contribution in [3.05, 3.63) is 124 Å². The lowest BCUT2D eigenvalue weighted by Gasteiger charge is -2.33. The standard InChI is InChI=1S/C34H36BrN3O5S/c1-24-10-14-27(15-11-24)22-37(31(34(40)36-3)20-26-8-6-5-7-9-26)33(39)23-38(28-16-12-25(2)13-17-28)44(41,42)29-18-19-32(43-4)30(35)21-29/h5-19,21,31H,20,22-23H2,1-4H3,(H,36,40). The van der Waals surface area contributed by atoms with Gasteiger partial charge in [0.25, 0.3) is 10.0 Å². The topological polar surface area (TPSA) is 96.0 Å². The van der Waals surface area contributed by atoms with E-state index in [1.54, 1.807) is 30.3 Å². The zero-order chi connectivity index (χ0) is 31.9. The number of carbonyl (C=O) groups is 2. The predicted octanol–water partition coefficient (Wildman–Crippen LogP) is 5.66. The summed E-state index contributed by atoms with van der Waals surface area (Å²) in [4.78, 5) is 29.2. The summed E-state index contributed by atoms with van der Waals surface area (Å²) in [6.45, 7) is 3.45. The molecule has 1 N–H and O–H groups in total. The Kier molecular flexibility index (Phi) is 10.8. The van der Waals surface area contributed by atoms with Crippen LogP contribution in [0.25, 0.3) is 0 Å². The number of methoxy groups -OCH3 is 1. The van der Waals surface area contributed by atoms with Crippen molar-refractivity contribution >= 4 is 43.5 Å². The van der Waals surface area contributed by atoms with Crippen LogP contribution in [-0.4, -0.2) is 51.9 Å². The monoisotopic (exact) mass is 677 g/mol. The van der Waals surface area contributed by atoms with E-state index < -0.39 is 28.5 Å². The van der Waals surface area contributed by atoms with E-state index in [0.717, 1.165) is 26.6 Å². The Morgan fingerprint density at radius 2 is 1.48 bits per heavy atom. The quantitative estimate of drug-likeness (QED) is 0.209. The highest BCUT2D eigenvalue weighted by Gasteiger charge is 2.34. The number of sulfonamides is 1. The van der Waals surface area contributed by atoms with Crippen molar-refractivity contribution in [1.82, 2.24) is 10.2 Å². The van der Waals surface area contributed by atoms with Gasteiger partial charge in [0.2, 0.25) is 11.8 Å². The largest absolute Gasteiger partial charge is 0.496 e. The van der Waals surface area contributed by atoms with Gasteiger partial charge in [0.15, 0.2) is 0 Å². The van der Waals surface area contributed by atoms with E-state index in [1.165, 1.54) is 31.2 Å². The van der Waals surface area contributed by atoms with Gasteiger partial charge in [0.05, 0.1) is 22.2 Å². The smallest absolute Gasteiger partial charge is 0.264 e. The number of rotatable bonds is 12. The zero-order valence-electron chi connectivity index (χ0n) is 25.2. The van der Waals surface area contributed by atoms with E-state index >= 15 is 0 Å². The molecule has 0 aromatic heterocycles. The fourth-order valence-corrected chi connectivity index (χ4v) is 6.92. The van der Waals surface area contributed by atoms with Gasteiger partial charge in [-0.15, -0.1) is 0 Å². The molecule has 4 rings (SSSR count). The molecular formula is C34H36BrN3O5S. The average molecular weight is 679 g/mol. The number of nitrogens with zero attached hydrogens (tertiary/aromatic N) is 2. The van der Waals surface area contributed by atoms with Gasteiger partial charge in [-0.1, -0.05) is 77.9 Å². The SMILES string of the molecule is CNC(=O)C(Cc1ccccc1)N(Cc1ccc(C)cc1)C(=O)CN(c1ccc(C)cc1)S(=O)(=O)c1ccc(OC)c(Br)c1. The lowest BCUT2D eigenvalue weighted by Crippen LogP contribution is -2.53. The number of hydrogen-bond acceptors (Lipinski definition) is 5. The summed E-state index contributed by atoms with van der Waals surface area (Å²) >= 11 is 3.38. The number of hydrogen-bond donors (Lipinski definition) is 1. The Bertz CT molecular complexity index is 1700. The summed E-state index contributed by atoms with van der Waals surface area (Å²) in [5.74, 6) is -0.398. The fraction of sp³-hybridized carbons (Fsp3) is 0.235. The van der Waals surface area contributed by atoms with Gasteiger partial charge in [-0.2, -0.15) is 0 Å². The summed E-state index contributed by atoms with van der Waals surface area (Å²) in [5.41, 5.74) is 4.00. The van der Waals surface area contributed by atoms with Gasteiger partial charge in [-0.05, 0) is 71.2 Å². The Hall–Kier alpha value is -4.15. The molecule has 0 aliphatic heterocycles. The van der Waals surface area contributed by atoms with Gasteiger partial charge in [-0.25, -0.2) is 8.42 Å². The van der Waals surface area contributed by atoms with Crippen molar-refractivity contribution < 1.29 is 22.7 Å². The van der Waals surface area contributed by atoms with Crippen molar-refractivity contribution in [2.45, 2.75) is 37.8 Å². The van der Waals surface area contributed by atoms with E-state index in [0.29, 0.717) is 15.9 Å². The normalized spacial score (nSPS) is 11.8. The van der Waals surface area contributed by atoms with Gasteiger partial charge in [0, 0.05) is 20.0 Å². The van der Waals surface area contributed by atoms with Crippen LogP contribution in [0.4, 0.5) is 5.69 Å². The average Bonchev–Trinajstić information content (AvgIpc) is 3.02. The van der Waals surface area contributed by atoms with Crippen molar-refractivity contribution in [1.29, 1.82) is 0 Å². The molecule has 0 aliphatic rings. The number of ether oxygens (including phenoxy) is 1. The van der Waals surface area contributed by atoms with Crippen LogP contribution in [0.1, 0.15) is 22.3 Å². The third kappa shape index (κ3) is 7.86. The van der Waals surface area contributed by atoms with Crippen molar-refractivity contribution in [3.8, 4) is 5.75 Å². The van der Waals surface area contributed by atoms with Gasteiger partial charge >= 0.3 is 0 Å². The van der Waals surface area contributed by atoms with Crippen molar-refractivity contribution in [2.24, 2.45) is 0 Å². The maximum atomic E-state index is 14.4. The molecule has 44 heavy (non-hydrogen) atoms. The van der Waals surface area contributed by atoms with E-state index in [2.05, 4.69) is 21.2 Å². The second-order valence-electron chi connectivity index (χ2n) is 10.5. The van der Waals surface area contributed by atoms with Crippen molar-refractivity contribution in [3.63, 3.8) is 0 Å². The maximum Gasteiger partial charge on any atom is 0.264 e. The van der Waals surface area contributed by atoms with Crippen LogP contribution < -0.4 is 14.4 Å². The number of nitrogens with one attached hydrogen (secondary N) is 1. The van der Waals surface area contributed by atoms with Crippen LogP contribution >= 0.6 is 15.9 Å². The molecular weight excluding hydrogens is 642 g/mol. The minimum Gasteiger partial charge on any atom is -0.496 e. The number of aryl methyl sites for hydroxylation is 2. The second kappa shape index (κ2) is 14.5. The molecule has 0 fully saturated rings. The molecule has 4 aromatic carbocycles. The number of benzene rings is 4. The molecule has 0 heterocycles. The summed E-state index contributed by atoms with van der Waals surface area (Å²) in [6.07, 6.45) is 0.251. The molecule has 0 aliphatic carbocycles. The fourth-order valence-electron chi connectivity index (χ4n) is 4.79. The third-order valence-corrected chi connectivity index (χ3v) is 9.69. The van der Waals surface area contributed by atoms with E-state index in [4.69, 9.17) is 4.74 Å². The molecule has 0 spiro atoms. The predicted molar refractivity (Wildman–Crippen MR) is 176 cm³/mol. The first kappa shape index (κ1) is 32.8. The number of carbonyl (C=O) groups excluding carboxylic acids is 2. The Balaban J connectivity index is 1.79. The maximum absolute atomic E-state index is 14.4. The molecule has 0 radical (unpaired) electrons. The lowest BCUT2D eigenvalue weighted by molar-refractivity contribution is -0.139. The third-order valence-electron chi connectivity index (χ3n) is 7.30. The summed E-state index contributed by atoms with van der Waals surface area (Å²) in [5, 5.41) is 2.70. The summed E-state index contributed by atoms with van der Waals surface area (Å²) in [6, 6.07) is 27.6. The first-order valence-corrected chi connectivity index (χ1v) is 16.3. The van der Waals surface area contributed by atoms with Crippen LogP contribution in [0, 0.1) is 13.8 Å². The Labute approximate surface area is 267 Å². The van der Waals surface area contributed by atoms with E-state index in [9.17, 15) is 18.0 Å². The minimum atomic E-state index is -4.23. The zero-order valence-corrected chi connectivity index (χ0v) is 27.6. The second-order valence-corrected chi connectivity index (χ2v) is 13.2. The summed E-state index contributed by atoms with van der Waals surface area (Å²) < 4.78 is 35.2. The number of amides is 2. The molecule has 230 valence electrons. The van der Waals surface area contributed by atoms with Gasteiger partial charge in [0.1, 0.15) is 18.3 Å². The lowest BCUT2D eigenvalue weighted by atomic mass is 10.0. The van der Waals surface area contributed by atoms with E-state index in [-0.39, 0.29) is 23.8 Å². The molecule has 2 amide bonds. The molecule has 0 bridgehead atoms. The van der Waals surface area contributed by atoms with Gasteiger partial charge < -0.3 is 15.0 Å². The number of anilines is 1. The molecule has 1 unspecified atom stereocenters. The van der Waals surface area contributed by atoms with Crippen LogP contribution in [-0.2, 0) is 32.6 Å². The molecule has 0 saturated heterocycles. The first-order valence-electron chi connectivity index (χ1n) is 14.1. The Morgan fingerprint density at radius 3 is 2.05 bits per heavy atom. The van der Waals surface area contributed by atoms with E-state index in [1.807, 2.05) is 68.4 Å². The molecule has 10 heteroatoms. The van der Waals surface area contributed by atoms with Crippen LogP contribution in [0.3, 0.4) is 0 Å². The van der Waals surface area contributed by atoms with Crippen LogP contribution in [0.5, 0.6) is 5.75 Å².